The minimum absolute atomic E-state index is 0.0505. The molecule has 0 atom stereocenters. The molecule has 3 nitrogen and oxygen atoms in total. The topological polar surface area (TPSA) is 37.4 Å². The first-order valence-electron chi connectivity index (χ1n) is 6.04. The molecule has 0 saturated carbocycles. The van der Waals surface area contributed by atoms with Crippen LogP contribution in [0.25, 0.3) is 0 Å². The number of nitrogens with zero attached hydrogens (tertiary/aromatic N) is 1. The Morgan fingerprint density at radius 2 is 1.86 bits per heavy atom. The monoisotopic (exact) mass is 335 g/mol. The second-order valence-corrected chi connectivity index (χ2v) is 7.12. The summed E-state index contributed by atoms with van der Waals surface area (Å²) in [5.74, 6) is -4.91. The minimum atomic E-state index is -4.24. The predicted molar refractivity (Wildman–Crippen MR) is 73.9 cm³/mol. The third kappa shape index (κ3) is 3.12. The molecule has 21 heavy (non-hydrogen) atoms. The Morgan fingerprint density at radius 1 is 1.14 bits per heavy atom. The molecule has 1 aromatic heterocycles. The third-order valence-corrected chi connectivity index (χ3v) is 5.68. The van der Waals surface area contributed by atoms with E-state index in [1.165, 1.54) is 11.3 Å². The zero-order valence-electron chi connectivity index (χ0n) is 11.0. The summed E-state index contributed by atoms with van der Waals surface area (Å²) in [7, 11) is -4.24. The van der Waals surface area contributed by atoms with Gasteiger partial charge in [-0.15, -0.1) is 11.3 Å². The highest BCUT2D eigenvalue weighted by molar-refractivity contribution is 7.89. The zero-order chi connectivity index (χ0) is 15.6. The van der Waals surface area contributed by atoms with Crippen LogP contribution in [0.2, 0.25) is 0 Å². The Kier molecular flexibility index (Phi) is 4.70. The Hall–Kier alpha value is -1.38. The van der Waals surface area contributed by atoms with Crippen LogP contribution in [0.5, 0.6) is 0 Å². The fourth-order valence-electron chi connectivity index (χ4n) is 1.79. The van der Waals surface area contributed by atoms with Gasteiger partial charge in [0.25, 0.3) is 0 Å². The fourth-order valence-corrected chi connectivity index (χ4v) is 4.07. The van der Waals surface area contributed by atoms with Crippen molar-refractivity contribution in [3.05, 3.63) is 52.0 Å². The number of thiophene rings is 1. The van der Waals surface area contributed by atoms with Gasteiger partial charge in [-0.2, -0.15) is 4.31 Å². The second-order valence-electron chi connectivity index (χ2n) is 4.18. The number of hydrogen-bond donors (Lipinski definition) is 0. The molecule has 1 aromatic carbocycles. The van der Waals surface area contributed by atoms with Crippen LogP contribution in [0.3, 0.4) is 0 Å². The molecule has 8 heteroatoms. The number of benzene rings is 1. The number of hydrogen-bond acceptors (Lipinski definition) is 3. The molecule has 2 aromatic rings. The molecule has 0 saturated heterocycles. The van der Waals surface area contributed by atoms with Crippen LogP contribution in [-0.2, 0) is 16.6 Å². The van der Waals surface area contributed by atoms with Crippen LogP contribution in [0.1, 0.15) is 11.8 Å². The van der Waals surface area contributed by atoms with E-state index in [-0.39, 0.29) is 13.1 Å². The highest BCUT2D eigenvalue weighted by Gasteiger charge is 2.29. The maximum atomic E-state index is 13.7. The van der Waals surface area contributed by atoms with E-state index in [2.05, 4.69) is 0 Å². The van der Waals surface area contributed by atoms with Crippen molar-refractivity contribution >= 4 is 21.4 Å². The van der Waals surface area contributed by atoms with E-state index in [0.717, 1.165) is 15.2 Å². The van der Waals surface area contributed by atoms with Gasteiger partial charge in [0.15, 0.2) is 17.5 Å². The molecular formula is C13H12F3NO2S2. The first kappa shape index (κ1) is 16.0. The van der Waals surface area contributed by atoms with Crippen molar-refractivity contribution in [2.45, 2.75) is 18.4 Å². The van der Waals surface area contributed by atoms with Crippen LogP contribution in [0.4, 0.5) is 13.2 Å². The summed E-state index contributed by atoms with van der Waals surface area (Å²) in [6.07, 6.45) is 0. The molecule has 1 heterocycles. The van der Waals surface area contributed by atoms with Crippen LogP contribution >= 0.6 is 11.3 Å². The predicted octanol–water partition coefficient (Wildman–Crippen LogP) is 3.38. The van der Waals surface area contributed by atoms with Gasteiger partial charge in [0, 0.05) is 18.0 Å². The van der Waals surface area contributed by atoms with Gasteiger partial charge < -0.3 is 0 Å². The quantitative estimate of drug-likeness (QED) is 0.786. The van der Waals surface area contributed by atoms with Crippen molar-refractivity contribution in [3.63, 3.8) is 0 Å². The van der Waals surface area contributed by atoms with Crippen molar-refractivity contribution in [3.8, 4) is 0 Å². The van der Waals surface area contributed by atoms with Gasteiger partial charge in [-0.25, -0.2) is 21.6 Å². The smallest absolute Gasteiger partial charge is 0.207 e. The summed E-state index contributed by atoms with van der Waals surface area (Å²) in [5.41, 5.74) is 0. The Morgan fingerprint density at radius 3 is 2.43 bits per heavy atom. The fraction of sp³-hybridized carbons (Fsp3) is 0.231. The van der Waals surface area contributed by atoms with E-state index in [0.29, 0.717) is 6.07 Å². The Bertz CT molecular complexity index is 730. The molecule has 0 aliphatic carbocycles. The zero-order valence-corrected chi connectivity index (χ0v) is 12.6. The molecule has 0 spiro atoms. The minimum Gasteiger partial charge on any atom is -0.207 e. The average Bonchev–Trinajstić information content (AvgIpc) is 2.94. The molecule has 0 amide bonds. The van der Waals surface area contributed by atoms with Crippen LogP contribution < -0.4 is 0 Å². The molecule has 0 fully saturated rings. The molecular weight excluding hydrogens is 323 g/mol. The molecule has 2 rings (SSSR count). The molecule has 0 N–H and O–H groups in total. The maximum Gasteiger partial charge on any atom is 0.246 e. The molecule has 114 valence electrons. The number of rotatable bonds is 5. The van der Waals surface area contributed by atoms with E-state index in [1.54, 1.807) is 24.4 Å². The molecule has 0 radical (unpaired) electrons. The summed E-state index contributed by atoms with van der Waals surface area (Å²) in [4.78, 5) is -0.0942. The first-order valence-corrected chi connectivity index (χ1v) is 8.36. The van der Waals surface area contributed by atoms with E-state index >= 15 is 0 Å². The average molecular weight is 335 g/mol. The summed E-state index contributed by atoms with van der Waals surface area (Å²) in [6, 6.07) is 4.84. The maximum absolute atomic E-state index is 13.7. The summed E-state index contributed by atoms with van der Waals surface area (Å²) < 4.78 is 65.6. The summed E-state index contributed by atoms with van der Waals surface area (Å²) in [5, 5.41) is 1.79. The lowest BCUT2D eigenvalue weighted by molar-refractivity contribution is 0.407. The molecule has 0 aliphatic heterocycles. The van der Waals surface area contributed by atoms with Crippen LogP contribution in [-0.4, -0.2) is 19.3 Å². The number of halogens is 3. The third-order valence-electron chi connectivity index (χ3n) is 2.88. The molecule has 0 bridgehead atoms. The van der Waals surface area contributed by atoms with Gasteiger partial charge in [-0.1, -0.05) is 13.0 Å². The summed E-state index contributed by atoms with van der Waals surface area (Å²) >= 11 is 1.35. The molecule has 0 unspecified atom stereocenters. The van der Waals surface area contributed by atoms with Gasteiger partial charge in [-0.05, 0) is 23.6 Å². The van der Waals surface area contributed by atoms with Gasteiger partial charge in [0.05, 0.1) is 0 Å². The van der Waals surface area contributed by atoms with Crippen molar-refractivity contribution in [2.75, 3.05) is 6.54 Å². The standard InChI is InChI=1S/C13H12F3NO2S2/c1-2-17(8-9-4-3-7-20-9)21(18,19)11-6-5-10(14)12(15)13(11)16/h3-7H,2,8H2,1H3. The van der Waals surface area contributed by atoms with Crippen molar-refractivity contribution in [1.29, 1.82) is 0 Å². The van der Waals surface area contributed by atoms with Crippen LogP contribution in [0, 0.1) is 17.5 Å². The van der Waals surface area contributed by atoms with Crippen molar-refractivity contribution in [2.24, 2.45) is 0 Å². The van der Waals surface area contributed by atoms with Gasteiger partial charge >= 0.3 is 0 Å². The molecule has 0 aliphatic rings. The highest BCUT2D eigenvalue weighted by Crippen LogP contribution is 2.25. The first-order chi connectivity index (χ1) is 9.87. The lowest BCUT2D eigenvalue weighted by Gasteiger charge is -2.20. The SMILES string of the molecule is CCN(Cc1cccs1)S(=O)(=O)c1ccc(F)c(F)c1F. The van der Waals surface area contributed by atoms with Gasteiger partial charge in [0.1, 0.15) is 4.90 Å². The lowest BCUT2D eigenvalue weighted by atomic mass is 10.3. The summed E-state index contributed by atoms with van der Waals surface area (Å²) in [6.45, 7) is 1.72. The Labute approximate surface area is 124 Å². The van der Waals surface area contributed by atoms with E-state index < -0.39 is 32.4 Å². The van der Waals surface area contributed by atoms with Crippen molar-refractivity contribution < 1.29 is 21.6 Å². The van der Waals surface area contributed by atoms with E-state index in [9.17, 15) is 21.6 Å². The second kappa shape index (κ2) is 6.17. The Balaban J connectivity index is 2.42. The van der Waals surface area contributed by atoms with Crippen LogP contribution in [0.15, 0.2) is 34.5 Å². The van der Waals surface area contributed by atoms with Gasteiger partial charge in [0.2, 0.25) is 10.0 Å². The highest BCUT2D eigenvalue weighted by atomic mass is 32.2. The largest absolute Gasteiger partial charge is 0.246 e. The lowest BCUT2D eigenvalue weighted by Crippen LogP contribution is -2.31. The van der Waals surface area contributed by atoms with E-state index in [4.69, 9.17) is 0 Å². The van der Waals surface area contributed by atoms with Gasteiger partial charge in [-0.3, -0.25) is 0 Å². The normalized spacial score (nSPS) is 12.0. The van der Waals surface area contributed by atoms with Crippen molar-refractivity contribution in [1.82, 2.24) is 4.31 Å². The number of sulfonamides is 1. The van der Waals surface area contributed by atoms with E-state index in [1.807, 2.05) is 0 Å².